The highest BCUT2D eigenvalue weighted by Gasteiger charge is 2.33. The summed E-state index contributed by atoms with van der Waals surface area (Å²) in [6.45, 7) is 0.106. The number of carbonyl (C=O) groups excluding carboxylic acids is 1. The lowest BCUT2D eigenvalue weighted by Gasteiger charge is -2.06. The monoisotopic (exact) mass is 145 g/mol. The molecule has 1 fully saturated rings. The molecule has 5 nitrogen and oxygen atoms in total. The number of likely N-dealkylation sites (tertiary alicyclic amines) is 1. The van der Waals surface area contributed by atoms with Crippen LogP contribution >= 0.6 is 0 Å². The molecule has 1 atom stereocenters. The van der Waals surface area contributed by atoms with Gasteiger partial charge in [0.1, 0.15) is 6.10 Å². The van der Waals surface area contributed by atoms with Crippen molar-refractivity contribution in [2.45, 2.75) is 12.5 Å². The molecule has 2 amide bonds. The van der Waals surface area contributed by atoms with Gasteiger partial charge in [-0.2, -0.15) is 0 Å². The van der Waals surface area contributed by atoms with Crippen LogP contribution in [0.15, 0.2) is 0 Å². The van der Waals surface area contributed by atoms with Crippen molar-refractivity contribution in [2.24, 2.45) is 0 Å². The zero-order valence-electron chi connectivity index (χ0n) is 5.15. The van der Waals surface area contributed by atoms with E-state index >= 15 is 0 Å². The number of nitrogens with zero attached hydrogens (tertiary/aromatic N) is 1. The third-order valence-electron chi connectivity index (χ3n) is 1.41. The van der Waals surface area contributed by atoms with Crippen molar-refractivity contribution in [2.75, 3.05) is 6.54 Å². The summed E-state index contributed by atoms with van der Waals surface area (Å²) in [7, 11) is 0. The summed E-state index contributed by atoms with van der Waals surface area (Å²) in [5.41, 5.74) is 0. The molecule has 0 aromatic rings. The van der Waals surface area contributed by atoms with Crippen LogP contribution in [0, 0.1) is 0 Å². The Labute approximate surface area is 56.9 Å². The molecule has 1 rings (SSSR count). The normalized spacial score (nSPS) is 25.5. The Balaban J connectivity index is 2.66. The molecule has 0 aromatic carbocycles. The fraction of sp³-hybridized carbons (Fsp3) is 0.600. The molecule has 1 aliphatic rings. The summed E-state index contributed by atoms with van der Waals surface area (Å²) >= 11 is 0. The van der Waals surface area contributed by atoms with Crippen LogP contribution in [0.4, 0.5) is 4.79 Å². The number of aliphatic hydroxyl groups excluding tert-OH is 1. The molecule has 1 aliphatic heterocycles. The number of imide groups is 1. The van der Waals surface area contributed by atoms with Crippen LogP contribution in [0.5, 0.6) is 0 Å². The number of rotatable bonds is 0. The Morgan fingerprint density at radius 1 is 1.70 bits per heavy atom. The van der Waals surface area contributed by atoms with E-state index in [4.69, 9.17) is 10.2 Å². The van der Waals surface area contributed by atoms with Gasteiger partial charge in [-0.15, -0.1) is 0 Å². The average molecular weight is 145 g/mol. The molecular weight excluding hydrogens is 138 g/mol. The van der Waals surface area contributed by atoms with Crippen molar-refractivity contribution >= 4 is 12.0 Å². The fourth-order valence-electron chi connectivity index (χ4n) is 0.855. The predicted molar refractivity (Wildman–Crippen MR) is 30.4 cm³/mol. The lowest BCUT2D eigenvalue weighted by molar-refractivity contribution is -0.132. The number of amides is 2. The summed E-state index contributed by atoms with van der Waals surface area (Å²) < 4.78 is 0. The zero-order valence-corrected chi connectivity index (χ0v) is 5.15. The second-order valence-corrected chi connectivity index (χ2v) is 2.08. The molecule has 5 heteroatoms. The summed E-state index contributed by atoms with van der Waals surface area (Å²) in [5, 5.41) is 17.1. The zero-order chi connectivity index (χ0) is 7.72. The van der Waals surface area contributed by atoms with Gasteiger partial charge < -0.3 is 10.2 Å². The van der Waals surface area contributed by atoms with Gasteiger partial charge in [0, 0.05) is 13.0 Å². The van der Waals surface area contributed by atoms with Crippen molar-refractivity contribution in [1.82, 2.24) is 4.90 Å². The van der Waals surface area contributed by atoms with Crippen molar-refractivity contribution < 1.29 is 19.8 Å². The van der Waals surface area contributed by atoms with Gasteiger partial charge in [0.25, 0.3) is 5.91 Å². The lowest BCUT2D eigenvalue weighted by atomic mass is 10.3. The number of carboxylic acid groups (broad SMARTS) is 1. The Morgan fingerprint density at radius 3 is 2.50 bits per heavy atom. The Bertz CT molecular complexity index is 178. The van der Waals surface area contributed by atoms with E-state index in [1.54, 1.807) is 0 Å². The highest BCUT2D eigenvalue weighted by atomic mass is 16.4. The third kappa shape index (κ3) is 0.950. The van der Waals surface area contributed by atoms with E-state index in [2.05, 4.69) is 0 Å². The number of aliphatic hydroxyl groups is 1. The summed E-state index contributed by atoms with van der Waals surface area (Å²) in [6.07, 6.45) is -2.19. The van der Waals surface area contributed by atoms with Crippen LogP contribution in [0.1, 0.15) is 6.42 Å². The van der Waals surface area contributed by atoms with Gasteiger partial charge in [-0.05, 0) is 0 Å². The largest absolute Gasteiger partial charge is 0.465 e. The number of hydrogen-bond acceptors (Lipinski definition) is 3. The van der Waals surface area contributed by atoms with Crippen molar-refractivity contribution in [3.63, 3.8) is 0 Å². The molecule has 1 heterocycles. The van der Waals surface area contributed by atoms with Crippen LogP contribution in [0.2, 0.25) is 0 Å². The van der Waals surface area contributed by atoms with Crippen LogP contribution in [0.25, 0.3) is 0 Å². The second-order valence-electron chi connectivity index (χ2n) is 2.08. The van der Waals surface area contributed by atoms with Gasteiger partial charge in [0.05, 0.1) is 0 Å². The molecule has 2 N–H and O–H groups in total. The highest BCUT2D eigenvalue weighted by molar-refractivity contribution is 5.95. The van der Waals surface area contributed by atoms with Crippen LogP contribution in [0.3, 0.4) is 0 Å². The Kier molecular flexibility index (Phi) is 1.58. The van der Waals surface area contributed by atoms with Gasteiger partial charge in [-0.3, -0.25) is 4.79 Å². The molecular formula is C5H7NO4. The van der Waals surface area contributed by atoms with Crippen molar-refractivity contribution in [3.05, 3.63) is 0 Å². The first kappa shape index (κ1) is 7.01. The van der Waals surface area contributed by atoms with E-state index in [0.29, 0.717) is 4.90 Å². The van der Waals surface area contributed by atoms with Gasteiger partial charge in [-0.1, -0.05) is 0 Å². The highest BCUT2D eigenvalue weighted by Crippen LogP contribution is 2.09. The summed E-state index contributed by atoms with van der Waals surface area (Å²) in [4.78, 5) is 21.4. The van der Waals surface area contributed by atoms with E-state index in [1.165, 1.54) is 0 Å². The first-order valence-electron chi connectivity index (χ1n) is 2.85. The first-order valence-corrected chi connectivity index (χ1v) is 2.85. The third-order valence-corrected chi connectivity index (χ3v) is 1.41. The molecule has 0 aromatic heterocycles. The molecule has 1 unspecified atom stereocenters. The topological polar surface area (TPSA) is 77.8 Å². The van der Waals surface area contributed by atoms with E-state index in [0.717, 1.165) is 0 Å². The molecule has 0 spiro atoms. The van der Waals surface area contributed by atoms with E-state index < -0.39 is 18.1 Å². The molecule has 1 saturated heterocycles. The molecule has 56 valence electrons. The number of hydrogen-bond donors (Lipinski definition) is 2. The first-order chi connectivity index (χ1) is 4.63. The standard InChI is InChI=1S/C5H7NO4/c7-3-1-2-6(4(3)8)5(9)10/h3,7H,1-2H2,(H,9,10). The predicted octanol–water partition coefficient (Wildman–Crippen LogP) is -0.742. The van der Waals surface area contributed by atoms with Crippen LogP contribution < -0.4 is 0 Å². The van der Waals surface area contributed by atoms with Gasteiger partial charge in [-0.25, -0.2) is 9.69 Å². The minimum absolute atomic E-state index is 0.106. The minimum Gasteiger partial charge on any atom is -0.465 e. The second kappa shape index (κ2) is 2.26. The lowest BCUT2D eigenvalue weighted by Crippen LogP contribution is -2.33. The number of carbonyl (C=O) groups is 2. The van der Waals surface area contributed by atoms with Crippen molar-refractivity contribution in [1.29, 1.82) is 0 Å². The quantitative estimate of drug-likeness (QED) is 0.470. The molecule has 0 saturated carbocycles. The van der Waals surface area contributed by atoms with Gasteiger partial charge >= 0.3 is 6.09 Å². The van der Waals surface area contributed by atoms with E-state index in [1.807, 2.05) is 0 Å². The maximum absolute atomic E-state index is 10.6. The van der Waals surface area contributed by atoms with Crippen molar-refractivity contribution in [3.8, 4) is 0 Å². The molecule has 0 radical (unpaired) electrons. The van der Waals surface area contributed by atoms with Crippen LogP contribution in [-0.4, -0.2) is 39.8 Å². The Morgan fingerprint density at radius 2 is 2.30 bits per heavy atom. The maximum atomic E-state index is 10.6. The maximum Gasteiger partial charge on any atom is 0.414 e. The average Bonchev–Trinajstić information content (AvgIpc) is 2.14. The molecule has 0 aliphatic carbocycles. The Hall–Kier alpha value is -1.10. The SMILES string of the molecule is O=C(O)N1CCC(O)C1=O. The summed E-state index contributed by atoms with van der Waals surface area (Å²) in [5.74, 6) is -0.715. The summed E-state index contributed by atoms with van der Waals surface area (Å²) in [6, 6.07) is 0. The molecule has 0 bridgehead atoms. The fourth-order valence-corrected chi connectivity index (χ4v) is 0.855. The van der Waals surface area contributed by atoms with E-state index in [-0.39, 0.29) is 13.0 Å². The smallest absolute Gasteiger partial charge is 0.414 e. The van der Waals surface area contributed by atoms with Gasteiger partial charge in [0.2, 0.25) is 0 Å². The van der Waals surface area contributed by atoms with Crippen LogP contribution in [-0.2, 0) is 4.79 Å². The minimum atomic E-state index is -1.29. The van der Waals surface area contributed by atoms with Gasteiger partial charge in [0.15, 0.2) is 0 Å². The van der Waals surface area contributed by atoms with E-state index in [9.17, 15) is 9.59 Å². The molecule has 10 heavy (non-hydrogen) atoms.